The molecule has 1 aromatic heterocycles. The van der Waals surface area contributed by atoms with Crippen LogP contribution in [0.25, 0.3) is 0 Å². The van der Waals surface area contributed by atoms with Gasteiger partial charge in [0.15, 0.2) is 5.96 Å². The number of hydrogen-bond acceptors (Lipinski definition) is 2. The molecule has 2 rings (SSSR count). The summed E-state index contributed by atoms with van der Waals surface area (Å²) in [6.45, 7) is 4.82. The van der Waals surface area contributed by atoms with Crippen molar-refractivity contribution in [1.82, 2.24) is 4.98 Å². The minimum Gasteiger partial charge on any atom is -0.370 e. The van der Waals surface area contributed by atoms with Crippen molar-refractivity contribution >= 4 is 47.2 Å². The molecule has 0 spiro atoms. The molecule has 6 heteroatoms. The van der Waals surface area contributed by atoms with Crippen LogP contribution in [0.1, 0.15) is 37.4 Å². The molecule has 3 N–H and O–H groups in total. The Labute approximate surface area is 159 Å². The monoisotopic (exact) mass is 444 g/mol. The van der Waals surface area contributed by atoms with Gasteiger partial charge in [0.2, 0.25) is 0 Å². The van der Waals surface area contributed by atoms with Crippen LogP contribution < -0.4 is 11.1 Å². The molecule has 0 bridgehead atoms. The number of halogens is 2. The Kier molecular flexibility index (Phi) is 8.33. The second kappa shape index (κ2) is 9.72. The van der Waals surface area contributed by atoms with Gasteiger partial charge in [0.1, 0.15) is 0 Å². The normalized spacial score (nSPS) is 12.4. The molecule has 0 saturated carbocycles. The van der Waals surface area contributed by atoms with Crippen LogP contribution in [0.15, 0.2) is 47.6 Å². The third kappa shape index (κ3) is 6.35. The maximum atomic E-state index is 5.89. The number of nitrogens with one attached hydrogen (secondary N) is 1. The molecule has 0 aliphatic rings. The first-order chi connectivity index (χ1) is 10.6. The van der Waals surface area contributed by atoms with Crippen molar-refractivity contribution in [2.45, 2.75) is 32.7 Å². The second-order valence-corrected chi connectivity index (χ2v) is 5.66. The maximum absolute atomic E-state index is 5.89. The summed E-state index contributed by atoms with van der Waals surface area (Å²) in [7, 11) is 0. The number of benzene rings is 1. The topological polar surface area (TPSA) is 63.3 Å². The Morgan fingerprint density at radius 1 is 1.26 bits per heavy atom. The number of rotatable bonds is 5. The molecule has 23 heavy (non-hydrogen) atoms. The Balaban J connectivity index is 0.00000264. The highest BCUT2D eigenvalue weighted by Gasteiger charge is 2.03. The number of aromatic nitrogens is 1. The molecule has 1 atom stereocenters. The molecule has 0 fully saturated rings. The minimum atomic E-state index is 0. The van der Waals surface area contributed by atoms with Crippen molar-refractivity contribution < 1.29 is 0 Å². The van der Waals surface area contributed by atoms with Crippen molar-refractivity contribution in [2.24, 2.45) is 10.7 Å². The van der Waals surface area contributed by atoms with Gasteiger partial charge in [0.05, 0.1) is 17.3 Å². The van der Waals surface area contributed by atoms with Crippen molar-refractivity contribution in [3.05, 3.63) is 58.9 Å². The average molecular weight is 445 g/mol. The Morgan fingerprint density at radius 2 is 1.96 bits per heavy atom. The highest BCUT2D eigenvalue weighted by Crippen LogP contribution is 2.20. The van der Waals surface area contributed by atoms with Gasteiger partial charge in [0, 0.05) is 11.9 Å². The first-order valence-corrected chi connectivity index (χ1v) is 7.73. The number of nitrogens with zero attached hydrogens (tertiary/aromatic N) is 2. The van der Waals surface area contributed by atoms with Gasteiger partial charge in [-0.3, -0.25) is 4.98 Å². The van der Waals surface area contributed by atoms with Gasteiger partial charge in [-0.25, -0.2) is 4.99 Å². The highest BCUT2D eigenvalue weighted by molar-refractivity contribution is 14.0. The van der Waals surface area contributed by atoms with E-state index in [-0.39, 0.29) is 24.0 Å². The Morgan fingerprint density at radius 3 is 2.52 bits per heavy atom. The number of pyridine rings is 1. The molecule has 1 aromatic carbocycles. The Hall–Kier alpha value is -1.34. The zero-order chi connectivity index (χ0) is 15.9. The standard InChI is InChI=1S/C17H21ClN4.HI/c1-3-12(2)13-4-7-15(8-5-13)22-17(19)21-11-16-9-6-14(18)10-20-16;/h4-10,12H,3,11H2,1-2H3,(H3,19,21,22);1H. The van der Waals surface area contributed by atoms with E-state index < -0.39 is 0 Å². The maximum Gasteiger partial charge on any atom is 0.193 e. The summed E-state index contributed by atoms with van der Waals surface area (Å²) in [5.74, 6) is 0.934. The van der Waals surface area contributed by atoms with Crippen LogP contribution >= 0.6 is 35.6 Å². The van der Waals surface area contributed by atoms with E-state index in [1.54, 1.807) is 12.3 Å². The zero-order valence-electron chi connectivity index (χ0n) is 13.3. The molecular weight excluding hydrogens is 423 g/mol. The van der Waals surface area contributed by atoms with Gasteiger partial charge in [0.25, 0.3) is 0 Å². The van der Waals surface area contributed by atoms with E-state index in [4.69, 9.17) is 17.3 Å². The van der Waals surface area contributed by atoms with Crippen LogP contribution in [0.3, 0.4) is 0 Å². The van der Waals surface area contributed by atoms with Gasteiger partial charge in [-0.1, -0.05) is 37.6 Å². The number of anilines is 1. The lowest BCUT2D eigenvalue weighted by Crippen LogP contribution is -2.22. The number of guanidine groups is 1. The van der Waals surface area contributed by atoms with Crippen LogP contribution in [0.4, 0.5) is 5.69 Å². The molecular formula is C17H22ClIN4. The van der Waals surface area contributed by atoms with Crippen molar-refractivity contribution in [3.63, 3.8) is 0 Å². The molecule has 0 aliphatic heterocycles. The molecule has 0 amide bonds. The first-order valence-electron chi connectivity index (χ1n) is 7.35. The van der Waals surface area contributed by atoms with Gasteiger partial charge >= 0.3 is 0 Å². The summed E-state index contributed by atoms with van der Waals surface area (Å²) in [5, 5.41) is 3.69. The quantitative estimate of drug-likeness (QED) is 0.396. The third-order valence-corrected chi connectivity index (χ3v) is 3.79. The summed E-state index contributed by atoms with van der Waals surface area (Å²) in [6, 6.07) is 11.9. The molecule has 1 heterocycles. The van der Waals surface area contributed by atoms with Crippen molar-refractivity contribution in [2.75, 3.05) is 5.32 Å². The minimum absolute atomic E-state index is 0. The van der Waals surface area contributed by atoms with Gasteiger partial charge in [-0.05, 0) is 42.2 Å². The lowest BCUT2D eigenvalue weighted by Gasteiger charge is -2.10. The molecule has 0 aliphatic carbocycles. The smallest absolute Gasteiger partial charge is 0.193 e. The predicted molar refractivity (Wildman–Crippen MR) is 109 cm³/mol. The summed E-state index contributed by atoms with van der Waals surface area (Å²) in [6.07, 6.45) is 2.73. The number of aliphatic imine (C=N–C) groups is 1. The predicted octanol–water partition coefficient (Wildman–Crippen LogP) is 4.79. The molecule has 1 unspecified atom stereocenters. The van der Waals surface area contributed by atoms with Gasteiger partial charge < -0.3 is 11.1 Å². The zero-order valence-corrected chi connectivity index (χ0v) is 16.4. The van der Waals surface area contributed by atoms with Gasteiger partial charge in [-0.15, -0.1) is 24.0 Å². The average Bonchev–Trinajstić information content (AvgIpc) is 2.54. The summed E-state index contributed by atoms with van der Waals surface area (Å²) in [5.41, 5.74) is 8.97. The van der Waals surface area contributed by atoms with E-state index in [1.165, 1.54) is 5.56 Å². The first kappa shape index (κ1) is 19.7. The lowest BCUT2D eigenvalue weighted by molar-refractivity contribution is 0.734. The van der Waals surface area contributed by atoms with Crippen molar-refractivity contribution in [3.8, 4) is 0 Å². The van der Waals surface area contributed by atoms with E-state index in [2.05, 4.69) is 41.3 Å². The Bertz CT molecular complexity index is 626. The van der Waals surface area contributed by atoms with Crippen LogP contribution in [-0.2, 0) is 6.54 Å². The molecule has 4 nitrogen and oxygen atoms in total. The second-order valence-electron chi connectivity index (χ2n) is 5.23. The number of hydrogen-bond donors (Lipinski definition) is 2. The lowest BCUT2D eigenvalue weighted by atomic mass is 9.99. The van der Waals surface area contributed by atoms with Gasteiger partial charge in [-0.2, -0.15) is 0 Å². The SMILES string of the molecule is CCC(C)c1ccc(NC(N)=NCc2ccc(Cl)cn2)cc1.I. The third-order valence-electron chi connectivity index (χ3n) is 3.56. The molecule has 0 radical (unpaired) electrons. The fraction of sp³-hybridized carbons (Fsp3) is 0.294. The van der Waals surface area contributed by atoms with Crippen LogP contribution in [0.5, 0.6) is 0 Å². The molecule has 0 saturated heterocycles. The summed E-state index contributed by atoms with van der Waals surface area (Å²) in [4.78, 5) is 8.45. The molecule has 2 aromatic rings. The highest BCUT2D eigenvalue weighted by atomic mass is 127. The van der Waals surface area contributed by atoms with Crippen LogP contribution in [0.2, 0.25) is 5.02 Å². The van der Waals surface area contributed by atoms with Crippen LogP contribution in [0, 0.1) is 0 Å². The fourth-order valence-corrected chi connectivity index (χ4v) is 2.10. The van der Waals surface area contributed by atoms with E-state index in [0.717, 1.165) is 17.8 Å². The number of nitrogens with two attached hydrogens (primary N) is 1. The van der Waals surface area contributed by atoms with E-state index in [0.29, 0.717) is 23.4 Å². The molecule has 124 valence electrons. The van der Waals surface area contributed by atoms with E-state index in [1.807, 2.05) is 18.2 Å². The van der Waals surface area contributed by atoms with Crippen molar-refractivity contribution in [1.29, 1.82) is 0 Å². The summed E-state index contributed by atoms with van der Waals surface area (Å²) < 4.78 is 0. The largest absolute Gasteiger partial charge is 0.370 e. The van der Waals surface area contributed by atoms with E-state index in [9.17, 15) is 0 Å². The van der Waals surface area contributed by atoms with Crippen LogP contribution in [-0.4, -0.2) is 10.9 Å². The summed E-state index contributed by atoms with van der Waals surface area (Å²) >= 11 is 5.79. The fourth-order valence-electron chi connectivity index (χ4n) is 1.98. The van der Waals surface area contributed by atoms with E-state index >= 15 is 0 Å².